The van der Waals surface area contributed by atoms with Crippen LogP contribution in [0.5, 0.6) is 23.0 Å². The van der Waals surface area contributed by atoms with Crippen molar-refractivity contribution in [2.75, 3.05) is 13.4 Å². The van der Waals surface area contributed by atoms with Crippen LogP contribution in [0.1, 0.15) is 23.6 Å². The lowest BCUT2D eigenvalue weighted by Gasteiger charge is -2.17. The Bertz CT molecular complexity index is 1060. The summed E-state index contributed by atoms with van der Waals surface area (Å²) in [6.45, 7) is 4.37. The van der Waals surface area contributed by atoms with Gasteiger partial charge in [-0.3, -0.25) is 0 Å². The second kappa shape index (κ2) is 11.5. The number of rotatable bonds is 9. The molecule has 0 amide bonds. The highest BCUT2D eigenvalue weighted by Crippen LogP contribution is 2.34. The SMILES string of the molecule is CCOc1cccc(CNCc2ccc3c(c2)OCO3)c1OCc1ccc(Cl)cc1Cl.Cl. The van der Waals surface area contributed by atoms with E-state index in [4.69, 9.17) is 42.1 Å². The molecule has 0 saturated carbocycles. The van der Waals surface area contributed by atoms with Crippen molar-refractivity contribution >= 4 is 35.6 Å². The van der Waals surface area contributed by atoms with E-state index in [2.05, 4.69) is 5.32 Å². The molecule has 0 radical (unpaired) electrons. The summed E-state index contributed by atoms with van der Waals surface area (Å²) in [7, 11) is 0. The van der Waals surface area contributed by atoms with Crippen molar-refractivity contribution in [1.82, 2.24) is 5.32 Å². The van der Waals surface area contributed by atoms with Gasteiger partial charge in [-0.2, -0.15) is 0 Å². The van der Waals surface area contributed by atoms with E-state index >= 15 is 0 Å². The fraction of sp³-hybridized carbons (Fsp3) is 0.250. The molecule has 1 N–H and O–H groups in total. The molecular weight excluding hydrogens is 473 g/mol. The normalized spacial score (nSPS) is 11.7. The summed E-state index contributed by atoms with van der Waals surface area (Å²) in [6, 6.07) is 17.2. The molecule has 5 nitrogen and oxygen atoms in total. The quantitative estimate of drug-likeness (QED) is 0.371. The molecule has 170 valence electrons. The fourth-order valence-corrected chi connectivity index (χ4v) is 3.78. The van der Waals surface area contributed by atoms with Crippen LogP contribution in [0.25, 0.3) is 0 Å². The molecule has 3 aromatic rings. The predicted molar refractivity (Wildman–Crippen MR) is 129 cm³/mol. The van der Waals surface area contributed by atoms with Crippen molar-refractivity contribution in [2.24, 2.45) is 0 Å². The topological polar surface area (TPSA) is 49.0 Å². The van der Waals surface area contributed by atoms with Crippen LogP contribution < -0.4 is 24.3 Å². The number of halogens is 3. The maximum Gasteiger partial charge on any atom is 0.231 e. The van der Waals surface area contributed by atoms with Gasteiger partial charge in [-0.1, -0.05) is 47.5 Å². The fourth-order valence-electron chi connectivity index (χ4n) is 3.31. The summed E-state index contributed by atoms with van der Waals surface area (Å²) in [5.41, 5.74) is 2.97. The Hall–Kier alpha value is -2.31. The van der Waals surface area contributed by atoms with Crippen molar-refractivity contribution in [3.63, 3.8) is 0 Å². The lowest BCUT2D eigenvalue weighted by atomic mass is 10.1. The molecule has 32 heavy (non-hydrogen) atoms. The van der Waals surface area contributed by atoms with E-state index in [0.29, 0.717) is 47.8 Å². The number of fused-ring (bicyclic) bond motifs is 1. The summed E-state index contributed by atoms with van der Waals surface area (Å²) >= 11 is 12.3. The molecule has 4 rings (SSSR count). The van der Waals surface area contributed by atoms with Crippen LogP contribution in [0.4, 0.5) is 0 Å². The van der Waals surface area contributed by atoms with E-state index in [-0.39, 0.29) is 19.2 Å². The van der Waals surface area contributed by atoms with E-state index in [1.54, 1.807) is 12.1 Å². The Labute approximate surface area is 203 Å². The lowest BCUT2D eigenvalue weighted by molar-refractivity contribution is 0.174. The second-order valence-electron chi connectivity index (χ2n) is 6.99. The predicted octanol–water partition coefficient (Wildman–Crippen LogP) is 6.41. The van der Waals surface area contributed by atoms with Gasteiger partial charge in [-0.15, -0.1) is 12.4 Å². The average molecular weight is 497 g/mol. The van der Waals surface area contributed by atoms with Gasteiger partial charge >= 0.3 is 0 Å². The van der Waals surface area contributed by atoms with E-state index in [1.807, 2.05) is 49.4 Å². The van der Waals surface area contributed by atoms with Crippen LogP contribution in [0.15, 0.2) is 54.6 Å². The van der Waals surface area contributed by atoms with Gasteiger partial charge in [0.05, 0.1) is 6.61 Å². The first kappa shape index (κ1) is 24.3. The van der Waals surface area contributed by atoms with Crippen LogP contribution in [-0.4, -0.2) is 13.4 Å². The van der Waals surface area contributed by atoms with E-state index < -0.39 is 0 Å². The van der Waals surface area contributed by atoms with Gasteiger partial charge in [0.15, 0.2) is 23.0 Å². The number of hydrogen-bond donors (Lipinski definition) is 1. The molecule has 1 aliphatic heterocycles. The molecule has 0 unspecified atom stereocenters. The first-order valence-corrected chi connectivity index (χ1v) is 10.8. The van der Waals surface area contributed by atoms with Crippen LogP contribution in [0.2, 0.25) is 10.0 Å². The summed E-state index contributed by atoms with van der Waals surface area (Å²) in [6.07, 6.45) is 0. The molecule has 0 fully saturated rings. The molecule has 0 aliphatic carbocycles. The molecule has 1 heterocycles. The minimum Gasteiger partial charge on any atom is -0.490 e. The maximum absolute atomic E-state index is 6.30. The number of hydrogen-bond acceptors (Lipinski definition) is 5. The van der Waals surface area contributed by atoms with Gasteiger partial charge in [-0.05, 0) is 42.8 Å². The smallest absolute Gasteiger partial charge is 0.231 e. The van der Waals surface area contributed by atoms with E-state index in [1.165, 1.54) is 0 Å². The van der Waals surface area contributed by atoms with Gasteiger partial charge in [0, 0.05) is 34.3 Å². The van der Waals surface area contributed by atoms with Crippen molar-refractivity contribution in [2.45, 2.75) is 26.6 Å². The van der Waals surface area contributed by atoms with Crippen molar-refractivity contribution in [1.29, 1.82) is 0 Å². The summed E-state index contributed by atoms with van der Waals surface area (Å²) < 4.78 is 22.8. The van der Waals surface area contributed by atoms with Crippen LogP contribution in [-0.2, 0) is 19.7 Å². The monoisotopic (exact) mass is 495 g/mol. The average Bonchev–Trinajstić information content (AvgIpc) is 3.22. The molecule has 0 atom stereocenters. The number of nitrogens with one attached hydrogen (secondary N) is 1. The summed E-state index contributed by atoms with van der Waals surface area (Å²) in [4.78, 5) is 0. The van der Waals surface area contributed by atoms with E-state index in [0.717, 1.165) is 28.2 Å². The Morgan fingerprint density at radius 2 is 1.75 bits per heavy atom. The third-order valence-corrected chi connectivity index (χ3v) is 5.42. The van der Waals surface area contributed by atoms with Crippen molar-refractivity contribution in [3.05, 3.63) is 81.3 Å². The third-order valence-electron chi connectivity index (χ3n) is 4.83. The molecular formula is C24H24Cl3NO4. The molecule has 3 aromatic carbocycles. The minimum absolute atomic E-state index is 0. The number of ether oxygens (including phenoxy) is 4. The molecule has 0 spiro atoms. The molecule has 0 aromatic heterocycles. The van der Waals surface area contributed by atoms with Gasteiger partial charge in [0.2, 0.25) is 6.79 Å². The third kappa shape index (κ3) is 5.93. The van der Waals surface area contributed by atoms with Crippen LogP contribution in [0, 0.1) is 0 Å². The number of benzene rings is 3. The minimum atomic E-state index is 0. The Kier molecular flexibility index (Phi) is 8.76. The first-order valence-electron chi connectivity index (χ1n) is 10.0. The Balaban J connectivity index is 0.00000289. The standard InChI is InChI=1S/C24H23Cl2NO4.ClH/c1-2-28-22-5-3-4-17(24(22)29-14-18-7-8-19(25)11-20(18)26)13-27-12-16-6-9-21-23(10-16)31-15-30-21;/h3-11,27H,2,12-15H2,1H3;1H. The van der Waals surface area contributed by atoms with E-state index in [9.17, 15) is 0 Å². The largest absolute Gasteiger partial charge is 0.490 e. The summed E-state index contributed by atoms with van der Waals surface area (Å²) in [5.74, 6) is 2.97. The maximum atomic E-state index is 6.30. The zero-order valence-electron chi connectivity index (χ0n) is 17.5. The zero-order chi connectivity index (χ0) is 21.6. The first-order chi connectivity index (χ1) is 15.1. The summed E-state index contributed by atoms with van der Waals surface area (Å²) in [5, 5.41) is 4.63. The molecule has 8 heteroatoms. The van der Waals surface area contributed by atoms with Gasteiger partial charge in [0.1, 0.15) is 6.61 Å². The highest BCUT2D eigenvalue weighted by Gasteiger charge is 2.15. The van der Waals surface area contributed by atoms with Gasteiger partial charge in [-0.25, -0.2) is 0 Å². The number of para-hydroxylation sites is 1. The highest BCUT2D eigenvalue weighted by atomic mass is 35.5. The lowest BCUT2D eigenvalue weighted by Crippen LogP contribution is -2.14. The van der Waals surface area contributed by atoms with Gasteiger partial charge in [0.25, 0.3) is 0 Å². The second-order valence-corrected chi connectivity index (χ2v) is 7.84. The highest BCUT2D eigenvalue weighted by molar-refractivity contribution is 6.35. The molecule has 0 saturated heterocycles. The van der Waals surface area contributed by atoms with Gasteiger partial charge < -0.3 is 24.3 Å². The van der Waals surface area contributed by atoms with Crippen LogP contribution in [0.3, 0.4) is 0 Å². The van der Waals surface area contributed by atoms with Crippen LogP contribution >= 0.6 is 35.6 Å². The Morgan fingerprint density at radius 1 is 0.906 bits per heavy atom. The van der Waals surface area contributed by atoms with Crippen molar-refractivity contribution in [3.8, 4) is 23.0 Å². The van der Waals surface area contributed by atoms with Crippen molar-refractivity contribution < 1.29 is 18.9 Å². The molecule has 0 bridgehead atoms. The zero-order valence-corrected chi connectivity index (χ0v) is 19.9. The Morgan fingerprint density at radius 3 is 2.56 bits per heavy atom. The molecule has 1 aliphatic rings.